The summed E-state index contributed by atoms with van der Waals surface area (Å²) >= 11 is 0. The minimum atomic E-state index is -0.450. The molecule has 2 heterocycles. The molecule has 1 N–H and O–H groups in total. The van der Waals surface area contributed by atoms with Crippen LogP contribution in [0.4, 0.5) is 11.5 Å². The van der Waals surface area contributed by atoms with Gasteiger partial charge in [-0.05, 0) is 42.3 Å². The summed E-state index contributed by atoms with van der Waals surface area (Å²) in [6, 6.07) is 11.4. The number of benzene rings is 1. The highest BCUT2D eigenvalue weighted by molar-refractivity contribution is 5.88. The van der Waals surface area contributed by atoms with Crippen molar-refractivity contribution in [2.75, 3.05) is 23.4 Å². The first-order valence-corrected chi connectivity index (χ1v) is 9.43. The van der Waals surface area contributed by atoms with Crippen LogP contribution < -0.4 is 16.0 Å². The third-order valence-electron chi connectivity index (χ3n) is 4.43. The smallest absolute Gasteiger partial charge is 0.345 e. The van der Waals surface area contributed by atoms with Gasteiger partial charge in [-0.2, -0.15) is 5.10 Å². The molecule has 0 spiro atoms. The number of hydrogen-bond acceptors (Lipinski definition) is 6. The minimum Gasteiger partial charge on any atom is -0.422 e. The third kappa shape index (κ3) is 4.99. The number of fused-ring (bicyclic) bond motifs is 1. The van der Waals surface area contributed by atoms with Crippen molar-refractivity contribution in [2.24, 2.45) is 5.10 Å². The van der Waals surface area contributed by atoms with Crippen molar-refractivity contribution >= 4 is 28.7 Å². The molecule has 0 aliphatic carbocycles. The summed E-state index contributed by atoms with van der Waals surface area (Å²) in [4.78, 5) is 18.6. The number of nitrogens with zero attached hydrogens (tertiary/aromatic N) is 3. The standard InChI is InChI=1S/C23H24N4O2/c1-4-11-27(12-5-2)20-8-7-18-14-19(23(28)29-21(18)15-20)16-25-26-22-13-17(6-3)9-10-24-22/h4-5,7-10,13-16H,1-2,6,11-12H2,3H3,(H,24,26)/b25-16+. The molecule has 0 fully saturated rings. The predicted molar refractivity (Wildman–Crippen MR) is 120 cm³/mol. The van der Waals surface area contributed by atoms with Gasteiger partial charge in [0.2, 0.25) is 0 Å². The van der Waals surface area contributed by atoms with Gasteiger partial charge in [-0.3, -0.25) is 5.43 Å². The second kappa shape index (κ2) is 9.50. The molecule has 0 saturated carbocycles. The van der Waals surface area contributed by atoms with Gasteiger partial charge >= 0.3 is 5.63 Å². The molecule has 0 saturated heterocycles. The van der Waals surface area contributed by atoms with Gasteiger partial charge in [0.05, 0.1) is 11.8 Å². The minimum absolute atomic E-state index is 0.360. The van der Waals surface area contributed by atoms with Crippen LogP contribution in [0.15, 0.2) is 82.2 Å². The molecule has 0 amide bonds. The molecule has 29 heavy (non-hydrogen) atoms. The Kier molecular flexibility index (Phi) is 6.58. The van der Waals surface area contributed by atoms with Crippen molar-refractivity contribution in [3.8, 4) is 0 Å². The Labute approximate surface area is 169 Å². The maximum Gasteiger partial charge on any atom is 0.345 e. The maximum absolute atomic E-state index is 12.4. The molecular weight excluding hydrogens is 364 g/mol. The Morgan fingerprint density at radius 3 is 2.69 bits per heavy atom. The van der Waals surface area contributed by atoms with Gasteiger partial charge in [0.15, 0.2) is 0 Å². The molecule has 0 aliphatic heterocycles. The first kappa shape index (κ1) is 20.1. The average Bonchev–Trinajstić information content (AvgIpc) is 2.74. The zero-order valence-electron chi connectivity index (χ0n) is 16.5. The van der Waals surface area contributed by atoms with E-state index in [0.29, 0.717) is 30.1 Å². The van der Waals surface area contributed by atoms with Gasteiger partial charge in [0.25, 0.3) is 0 Å². The fourth-order valence-electron chi connectivity index (χ4n) is 2.92. The lowest BCUT2D eigenvalue weighted by atomic mass is 10.1. The topological polar surface area (TPSA) is 70.7 Å². The Morgan fingerprint density at radius 2 is 1.97 bits per heavy atom. The van der Waals surface area contributed by atoms with E-state index >= 15 is 0 Å². The van der Waals surface area contributed by atoms with Crippen LogP contribution in [0.2, 0.25) is 0 Å². The first-order chi connectivity index (χ1) is 14.1. The van der Waals surface area contributed by atoms with E-state index in [4.69, 9.17) is 4.42 Å². The second-order valence-corrected chi connectivity index (χ2v) is 6.47. The fourth-order valence-corrected chi connectivity index (χ4v) is 2.92. The van der Waals surface area contributed by atoms with Gasteiger partial charge < -0.3 is 9.32 Å². The van der Waals surface area contributed by atoms with Crippen LogP contribution in [0, 0.1) is 0 Å². The predicted octanol–water partition coefficient (Wildman–Crippen LogP) is 4.37. The number of nitrogens with one attached hydrogen (secondary N) is 1. The second-order valence-electron chi connectivity index (χ2n) is 6.47. The van der Waals surface area contributed by atoms with Crippen LogP contribution in [-0.4, -0.2) is 24.3 Å². The molecule has 3 rings (SSSR count). The van der Waals surface area contributed by atoms with Crippen molar-refractivity contribution < 1.29 is 4.42 Å². The van der Waals surface area contributed by atoms with Crippen molar-refractivity contribution in [3.05, 3.63) is 89.5 Å². The summed E-state index contributed by atoms with van der Waals surface area (Å²) in [7, 11) is 0. The summed E-state index contributed by atoms with van der Waals surface area (Å²) in [5.41, 5.74) is 5.37. The third-order valence-corrected chi connectivity index (χ3v) is 4.43. The lowest BCUT2D eigenvalue weighted by Gasteiger charge is -2.21. The average molecular weight is 388 g/mol. The number of anilines is 2. The van der Waals surface area contributed by atoms with Crippen molar-refractivity contribution in [1.82, 2.24) is 4.98 Å². The van der Waals surface area contributed by atoms with Gasteiger partial charge in [0, 0.05) is 36.4 Å². The van der Waals surface area contributed by atoms with E-state index in [2.05, 4.69) is 40.5 Å². The number of aromatic nitrogens is 1. The monoisotopic (exact) mass is 388 g/mol. The summed E-state index contributed by atoms with van der Waals surface area (Å²) in [5.74, 6) is 0.625. The Bertz CT molecular complexity index is 1090. The quantitative estimate of drug-likeness (QED) is 0.255. The maximum atomic E-state index is 12.4. The molecule has 0 bridgehead atoms. The molecule has 0 radical (unpaired) electrons. The molecule has 2 aromatic heterocycles. The number of hydrazone groups is 1. The number of rotatable bonds is 9. The van der Waals surface area contributed by atoms with E-state index in [-0.39, 0.29) is 0 Å². The van der Waals surface area contributed by atoms with Gasteiger partial charge in [0.1, 0.15) is 11.4 Å². The van der Waals surface area contributed by atoms with E-state index in [1.54, 1.807) is 12.3 Å². The number of pyridine rings is 1. The Morgan fingerprint density at radius 1 is 1.17 bits per heavy atom. The summed E-state index contributed by atoms with van der Waals surface area (Å²) in [5, 5.41) is 4.94. The molecule has 0 aliphatic rings. The molecular formula is C23H24N4O2. The summed E-state index contributed by atoms with van der Waals surface area (Å²) < 4.78 is 5.51. The van der Waals surface area contributed by atoms with Crippen molar-refractivity contribution in [2.45, 2.75) is 13.3 Å². The van der Waals surface area contributed by atoms with Gasteiger partial charge in [-0.1, -0.05) is 19.1 Å². The molecule has 3 aromatic rings. The van der Waals surface area contributed by atoms with E-state index in [9.17, 15) is 4.79 Å². The first-order valence-electron chi connectivity index (χ1n) is 9.43. The largest absolute Gasteiger partial charge is 0.422 e. The molecule has 1 aromatic carbocycles. The summed E-state index contributed by atoms with van der Waals surface area (Å²) in [6.45, 7) is 11.0. The normalized spacial score (nSPS) is 10.9. The van der Waals surface area contributed by atoms with E-state index in [1.165, 1.54) is 6.21 Å². The highest BCUT2D eigenvalue weighted by Crippen LogP contribution is 2.22. The SMILES string of the molecule is C=CCN(CC=C)c1ccc2cc(/C=N/Nc3cc(CC)ccn3)c(=O)oc2c1. The van der Waals surface area contributed by atoms with Crippen LogP contribution >= 0.6 is 0 Å². The highest BCUT2D eigenvalue weighted by Gasteiger charge is 2.08. The van der Waals surface area contributed by atoms with Gasteiger partial charge in [-0.25, -0.2) is 9.78 Å². The highest BCUT2D eigenvalue weighted by atomic mass is 16.4. The number of hydrogen-bond donors (Lipinski definition) is 1. The molecule has 148 valence electrons. The zero-order valence-corrected chi connectivity index (χ0v) is 16.5. The molecule has 6 nitrogen and oxygen atoms in total. The lowest BCUT2D eigenvalue weighted by Crippen LogP contribution is -2.22. The number of aryl methyl sites for hydroxylation is 1. The van der Waals surface area contributed by atoms with Crippen LogP contribution in [0.25, 0.3) is 11.0 Å². The van der Waals surface area contributed by atoms with Crippen molar-refractivity contribution in [3.63, 3.8) is 0 Å². The molecule has 0 atom stereocenters. The molecule has 6 heteroatoms. The molecule has 0 unspecified atom stereocenters. The van der Waals surface area contributed by atoms with Crippen LogP contribution in [0.3, 0.4) is 0 Å². The van der Waals surface area contributed by atoms with E-state index in [0.717, 1.165) is 23.1 Å². The zero-order chi connectivity index (χ0) is 20.6. The van der Waals surface area contributed by atoms with Crippen LogP contribution in [-0.2, 0) is 6.42 Å². The van der Waals surface area contributed by atoms with Crippen LogP contribution in [0.5, 0.6) is 0 Å². The Balaban J connectivity index is 1.83. The Hall–Kier alpha value is -3.67. The fraction of sp³-hybridized carbons (Fsp3) is 0.174. The summed E-state index contributed by atoms with van der Waals surface area (Å²) in [6.07, 6.45) is 7.72. The van der Waals surface area contributed by atoms with Gasteiger partial charge in [-0.15, -0.1) is 13.2 Å². The van der Waals surface area contributed by atoms with E-state index in [1.807, 2.05) is 42.5 Å². The lowest BCUT2D eigenvalue weighted by molar-refractivity contribution is 0.560. The van der Waals surface area contributed by atoms with Crippen LogP contribution in [0.1, 0.15) is 18.1 Å². The van der Waals surface area contributed by atoms with Crippen molar-refractivity contribution in [1.29, 1.82) is 0 Å². The van der Waals surface area contributed by atoms with E-state index < -0.39 is 5.63 Å².